The molecule has 1 saturated heterocycles. The molecule has 0 amide bonds. The Hall–Kier alpha value is -1.32. The molecule has 0 bridgehead atoms. The zero-order valence-electron chi connectivity index (χ0n) is 16.1. The molecule has 0 aromatic rings. The normalized spacial score (nSPS) is 31.8. The Labute approximate surface area is 163 Å². The average Bonchev–Trinajstić information content (AvgIpc) is 2.59. The van der Waals surface area contributed by atoms with Crippen LogP contribution in [0, 0.1) is 0 Å². The second-order valence-electron chi connectivity index (χ2n) is 6.97. The summed E-state index contributed by atoms with van der Waals surface area (Å²) in [6.45, 7) is 3.77. The number of carbonyl (C=O) groups is 3. The van der Waals surface area contributed by atoms with Crippen LogP contribution in [0.1, 0.15) is 52.9 Å². The van der Waals surface area contributed by atoms with E-state index in [9.17, 15) is 14.4 Å². The summed E-state index contributed by atoms with van der Waals surface area (Å²) in [6, 6.07) is -0.784. The van der Waals surface area contributed by atoms with Crippen molar-refractivity contribution in [3.8, 4) is 0 Å². The Bertz CT molecular complexity index is 536. The maximum absolute atomic E-state index is 11.6. The van der Waals surface area contributed by atoms with Gasteiger partial charge in [-0.25, -0.2) is 0 Å². The fourth-order valence-corrected chi connectivity index (χ4v) is 5.03. The van der Waals surface area contributed by atoms with Crippen molar-refractivity contribution in [1.82, 2.24) is 0 Å². The summed E-state index contributed by atoms with van der Waals surface area (Å²) in [5.74, 6) is -1.48. The van der Waals surface area contributed by atoms with Crippen molar-refractivity contribution in [3.05, 3.63) is 0 Å². The largest absolute Gasteiger partial charge is 0.463 e. The van der Waals surface area contributed by atoms with E-state index in [1.54, 1.807) is 11.8 Å². The highest BCUT2D eigenvalue weighted by Crippen LogP contribution is 2.38. The molecule has 9 heteroatoms. The van der Waals surface area contributed by atoms with E-state index in [-0.39, 0.29) is 6.61 Å². The molecule has 8 nitrogen and oxygen atoms in total. The lowest BCUT2D eigenvalue weighted by atomic mass is 9.97. The van der Waals surface area contributed by atoms with Crippen molar-refractivity contribution < 1.29 is 33.3 Å². The van der Waals surface area contributed by atoms with Gasteiger partial charge in [0.2, 0.25) is 0 Å². The first kappa shape index (κ1) is 22.0. The Morgan fingerprint density at radius 2 is 1.56 bits per heavy atom. The number of esters is 3. The molecule has 0 radical (unpaired) electrons. The predicted octanol–water partition coefficient (Wildman–Crippen LogP) is 1.53. The molecule has 1 aliphatic heterocycles. The highest BCUT2D eigenvalue weighted by Gasteiger charge is 2.49. The third-order valence-corrected chi connectivity index (χ3v) is 6.14. The molecular weight excluding hydrogens is 374 g/mol. The van der Waals surface area contributed by atoms with Crippen LogP contribution in [0.15, 0.2) is 0 Å². The Morgan fingerprint density at radius 3 is 2.11 bits per heavy atom. The first-order chi connectivity index (χ1) is 12.8. The lowest BCUT2D eigenvalue weighted by Gasteiger charge is -2.44. The van der Waals surface area contributed by atoms with Crippen molar-refractivity contribution in [2.24, 2.45) is 5.73 Å². The van der Waals surface area contributed by atoms with Crippen LogP contribution in [0.5, 0.6) is 0 Å². The van der Waals surface area contributed by atoms with Crippen LogP contribution in [0.25, 0.3) is 0 Å². The van der Waals surface area contributed by atoms with Crippen LogP contribution < -0.4 is 5.73 Å². The molecule has 27 heavy (non-hydrogen) atoms. The number of thioether (sulfide) groups is 1. The molecule has 1 aliphatic carbocycles. The minimum Gasteiger partial charge on any atom is -0.463 e. The van der Waals surface area contributed by atoms with Gasteiger partial charge in [0.05, 0.1) is 6.04 Å². The summed E-state index contributed by atoms with van der Waals surface area (Å²) in [6.07, 6.45) is 3.30. The molecule has 2 N–H and O–H groups in total. The summed E-state index contributed by atoms with van der Waals surface area (Å²) in [4.78, 5) is 34.3. The first-order valence-electron chi connectivity index (χ1n) is 9.32. The van der Waals surface area contributed by atoms with Gasteiger partial charge in [-0.3, -0.25) is 14.4 Å². The second-order valence-corrected chi connectivity index (χ2v) is 8.37. The monoisotopic (exact) mass is 403 g/mol. The van der Waals surface area contributed by atoms with E-state index in [0.717, 1.165) is 25.7 Å². The lowest BCUT2D eigenvalue weighted by Crippen LogP contribution is -2.64. The Kier molecular flexibility index (Phi) is 8.37. The molecule has 154 valence electrons. The van der Waals surface area contributed by atoms with Crippen LogP contribution in [0.2, 0.25) is 0 Å². The van der Waals surface area contributed by atoms with Gasteiger partial charge in [0, 0.05) is 26.0 Å². The standard InChI is InChI=1S/C18H29NO7S/c1-10(20)23-9-14-16(24-11(2)21)15(19)17(25-12(3)22)18(26-14)27-13-7-5-4-6-8-13/h13-18H,4-9,19H2,1-3H3. The van der Waals surface area contributed by atoms with Gasteiger partial charge in [-0.2, -0.15) is 0 Å². The fourth-order valence-electron chi connectivity index (χ4n) is 3.45. The first-order valence-corrected chi connectivity index (χ1v) is 10.3. The summed E-state index contributed by atoms with van der Waals surface area (Å²) in [7, 11) is 0. The summed E-state index contributed by atoms with van der Waals surface area (Å²) >= 11 is 1.59. The van der Waals surface area contributed by atoms with E-state index in [1.165, 1.54) is 27.2 Å². The molecule has 5 atom stereocenters. The van der Waals surface area contributed by atoms with Gasteiger partial charge in [0.15, 0.2) is 6.10 Å². The summed E-state index contributed by atoms with van der Waals surface area (Å²) in [5, 5.41) is 0.383. The molecule has 5 unspecified atom stereocenters. The minimum atomic E-state index is -0.880. The molecule has 1 heterocycles. The number of carbonyl (C=O) groups excluding carboxylic acids is 3. The smallest absolute Gasteiger partial charge is 0.303 e. The summed E-state index contributed by atoms with van der Waals surface area (Å²) < 4.78 is 21.9. The maximum atomic E-state index is 11.6. The van der Waals surface area contributed by atoms with Gasteiger partial charge in [-0.1, -0.05) is 19.3 Å². The van der Waals surface area contributed by atoms with Crippen molar-refractivity contribution >= 4 is 29.7 Å². The molecule has 0 aromatic heterocycles. The van der Waals surface area contributed by atoms with Crippen molar-refractivity contribution in [1.29, 1.82) is 0 Å². The van der Waals surface area contributed by atoms with Gasteiger partial charge < -0.3 is 24.7 Å². The molecule has 0 spiro atoms. The van der Waals surface area contributed by atoms with E-state index >= 15 is 0 Å². The number of ether oxygens (including phenoxy) is 4. The maximum Gasteiger partial charge on any atom is 0.303 e. The van der Waals surface area contributed by atoms with E-state index in [1.807, 2.05) is 0 Å². The lowest BCUT2D eigenvalue weighted by molar-refractivity contribution is -0.201. The van der Waals surface area contributed by atoms with Gasteiger partial charge in [0.1, 0.15) is 24.3 Å². The third kappa shape index (κ3) is 6.65. The number of hydrogen-bond donors (Lipinski definition) is 1. The van der Waals surface area contributed by atoms with E-state index in [0.29, 0.717) is 5.25 Å². The third-order valence-electron chi connectivity index (χ3n) is 4.64. The fraction of sp³-hybridized carbons (Fsp3) is 0.833. The zero-order chi connectivity index (χ0) is 20.0. The van der Waals surface area contributed by atoms with Gasteiger partial charge in [-0.15, -0.1) is 11.8 Å². The minimum absolute atomic E-state index is 0.0878. The highest BCUT2D eigenvalue weighted by molar-refractivity contribution is 8.00. The van der Waals surface area contributed by atoms with E-state index in [2.05, 4.69) is 0 Å². The molecular formula is C18H29NO7S. The number of hydrogen-bond acceptors (Lipinski definition) is 9. The zero-order valence-corrected chi connectivity index (χ0v) is 16.9. The number of nitrogens with two attached hydrogens (primary N) is 1. The van der Waals surface area contributed by atoms with Crippen LogP contribution in [0.4, 0.5) is 0 Å². The predicted molar refractivity (Wildman–Crippen MR) is 98.8 cm³/mol. The molecule has 2 rings (SSSR count). The van der Waals surface area contributed by atoms with E-state index in [4.69, 9.17) is 24.7 Å². The van der Waals surface area contributed by atoms with Crippen LogP contribution >= 0.6 is 11.8 Å². The highest BCUT2D eigenvalue weighted by atomic mass is 32.2. The van der Waals surface area contributed by atoms with Gasteiger partial charge in [0.25, 0.3) is 0 Å². The topological polar surface area (TPSA) is 114 Å². The second kappa shape index (κ2) is 10.3. The quantitative estimate of drug-likeness (QED) is 0.521. The van der Waals surface area contributed by atoms with Crippen LogP contribution in [0.3, 0.4) is 0 Å². The van der Waals surface area contributed by atoms with Crippen molar-refractivity contribution in [2.75, 3.05) is 6.61 Å². The van der Waals surface area contributed by atoms with Gasteiger partial charge >= 0.3 is 17.9 Å². The molecule has 2 aliphatic rings. The van der Waals surface area contributed by atoms with Gasteiger partial charge in [-0.05, 0) is 12.8 Å². The Balaban J connectivity index is 2.18. The van der Waals surface area contributed by atoms with Crippen molar-refractivity contribution in [2.45, 2.75) is 87.9 Å². The van der Waals surface area contributed by atoms with Crippen molar-refractivity contribution in [3.63, 3.8) is 0 Å². The molecule has 1 saturated carbocycles. The van der Waals surface area contributed by atoms with Crippen LogP contribution in [-0.2, 0) is 33.3 Å². The SMILES string of the molecule is CC(=O)OCC1OC(SC2CCCCC2)C(OC(C)=O)C(N)C1OC(C)=O. The summed E-state index contributed by atoms with van der Waals surface area (Å²) in [5.41, 5.74) is 5.81. The number of rotatable bonds is 6. The van der Waals surface area contributed by atoms with E-state index < -0.39 is 47.7 Å². The molecule has 2 fully saturated rings. The Morgan fingerprint density at radius 1 is 0.963 bits per heavy atom. The van der Waals surface area contributed by atoms with Crippen LogP contribution in [-0.4, -0.2) is 59.6 Å². The average molecular weight is 403 g/mol. The molecule has 0 aromatic carbocycles.